The van der Waals surface area contributed by atoms with Crippen LogP contribution in [0, 0.1) is 3.57 Å². The van der Waals surface area contributed by atoms with Crippen LogP contribution >= 0.6 is 22.6 Å². The zero-order valence-electron chi connectivity index (χ0n) is 16.8. The number of hydrogen-bond acceptors (Lipinski definition) is 0. The number of fused-ring (bicyclic) bond motifs is 6. The van der Waals surface area contributed by atoms with Gasteiger partial charge in [0.1, 0.15) is 0 Å². The molecule has 0 heterocycles. The Hall–Kier alpha value is -3.17. The molecule has 0 bridgehead atoms. The summed E-state index contributed by atoms with van der Waals surface area (Å²) in [5, 5.41) is 7.91. The Kier molecular flexibility index (Phi) is 4.50. The maximum atomic E-state index is 2.49. The third-order valence-corrected chi connectivity index (χ3v) is 7.02. The maximum absolute atomic E-state index is 2.49. The molecule has 0 radical (unpaired) electrons. The Bertz CT molecular complexity index is 1570. The number of halogens is 1. The van der Waals surface area contributed by atoms with Crippen molar-refractivity contribution in [3.63, 3.8) is 0 Å². The van der Waals surface area contributed by atoms with Gasteiger partial charge in [-0.15, -0.1) is 0 Å². The van der Waals surface area contributed by atoms with Gasteiger partial charge in [-0.1, -0.05) is 109 Å². The van der Waals surface area contributed by atoms with Crippen LogP contribution in [0.3, 0.4) is 0 Å². The summed E-state index contributed by atoms with van der Waals surface area (Å²) in [5.41, 5.74) is 5.12. The highest BCUT2D eigenvalue weighted by molar-refractivity contribution is 14.1. The van der Waals surface area contributed by atoms with Gasteiger partial charge in [0.05, 0.1) is 0 Å². The molecule has 0 saturated carbocycles. The van der Waals surface area contributed by atoms with Gasteiger partial charge in [-0.25, -0.2) is 0 Å². The molecule has 0 atom stereocenters. The molecule has 0 nitrogen and oxygen atoms in total. The van der Waals surface area contributed by atoms with Crippen LogP contribution in [0.4, 0.5) is 0 Å². The highest BCUT2D eigenvalue weighted by Gasteiger charge is 2.17. The lowest BCUT2D eigenvalue weighted by atomic mass is 9.86. The van der Waals surface area contributed by atoms with Crippen molar-refractivity contribution >= 4 is 54.9 Å². The second kappa shape index (κ2) is 7.51. The summed E-state index contributed by atoms with van der Waals surface area (Å²) in [6.07, 6.45) is 0. The first-order valence-electron chi connectivity index (χ1n) is 10.5. The fraction of sp³-hybridized carbons (Fsp3) is 0. The summed E-state index contributed by atoms with van der Waals surface area (Å²) in [6.45, 7) is 0. The molecule has 0 aliphatic heterocycles. The minimum atomic E-state index is 1.25. The van der Waals surface area contributed by atoms with E-state index in [9.17, 15) is 0 Å². The first-order valence-corrected chi connectivity index (χ1v) is 11.6. The Labute approximate surface area is 195 Å². The second-order valence-corrected chi connectivity index (χ2v) is 9.01. The van der Waals surface area contributed by atoms with Crippen molar-refractivity contribution in [3.05, 3.63) is 119 Å². The number of hydrogen-bond donors (Lipinski definition) is 0. The van der Waals surface area contributed by atoms with E-state index in [0.29, 0.717) is 0 Å². The lowest BCUT2D eigenvalue weighted by Crippen LogP contribution is -1.92. The van der Waals surface area contributed by atoms with Gasteiger partial charge in [0.15, 0.2) is 0 Å². The van der Waals surface area contributed by atoms with Crippen LogP contribution in [0.15, 0.2) is 115 Å². The quantitative estimate of drug-likeness (QED) is 0.162. The summed E-state index contributed by atoms with van der Waals surface area (Å²) in [7, 11) is 0. The molecule has 6 aromatic carbocycles. The van der Waals surface area contributed by atoms with Gasteiger partial charge in [-0.2, -0.15) is 0 Å². The Morgan fingerprint density at radius 3 is 1.61 bits per heavy atom. The largest absolute Gasteiger partial charge is 0.0622 e. The molecule has 6 aromatic rings. The molecule has 0 spiro atoms. The smallest absolute Gasteiger partial charge is 0.0215 e. The molecule has 0 N–H and O–H groups in total. The number of rotatable bonds is 2. The molecule has 146 valence electrons. The average molecular weight is 506 g/mol. The van der Waals surface area contributed by atoms with E-state index >= 15 is 0 Å². The maximum Gasteiger partial charge on any atom is 0.0215 e. The topological polar surface area (TPSA) is 0 Å². The van der Waals surface area contributed by atoms with Crippen molar-refractivity contribution in [3.8, 4) is 22.3 Å². The monoisotopic (exact) mass is 506 g/mol. The normalized spacial score (nSPS) is 11.4. The van der Waals surface area contributed by atoms with Crippen molar-refractivity contribution < 1.29 is 0 Å². The van der Waals surface area contributed by atoms with Crippen LogP contribution < -0.4 is 0 Å². The van der Waals surface area contributed by atoms with Crippen LogP contribution in [0.2, 0.25) is 0 Å². The highest BCUT2D eigenvalue weighted by atomic mass is 127. The molecule has 0 aromatic heterocycles. The van der Waals surface area contributed by atoms with Crippen LogP contribution in [0.25, 0.3) is 54.6 Å². The van der Waals surface area contributed by atoms with E-state index in [1.54, 1.807) is 0 Å². The van der Waals surface area contributed by atoms with E-state index in [0.717, 1.165) is 0 Å². The summed E-state index contributed by atoms with van der Waals surface area (Å²) in [6, 6.07) is 41.7. The molecule has 0 amide bonds. The predicted octanol–water partition coefficient (Wildman–Crippen LogP) is 9.08. The van der Waals surface area contributed by atoms with Gasteiger partial charge >= 0.3 is 0 Å². The summed E-state index contributed by atoms with van der Waals surface area (Å²) in [4.78, 5) is 0. The molecule has 6 rings (SSSR count). The minimum absolute atomic E-state index is 1.25. The molecule has 0 aliphatic rings. The van der Waals surface area contributed by atoms with Gasteiger partial charge in [0.2, 0.25) is 0 Å². The molecule has 0 saturated heterocycles. The molecule has 0 unspecified atom stereocenters. The van der Waals surface area contributed by atoms with Crippen molar-refractivity contribution in [2.24, 2.45) is 0 Å². The molecule has 0 fully saturated rings. The predicted molar refractivity (Wildman–Crippen MR) is 143 cm³/mol. The van der Waals surface area contributed by atoms with E-state index in [4.69, 9.17) is 0 Å². The van der Waals surface area contributed by atoms with E-state index < -0.39 is 0 Å². The first kappa shape index (κ1) is 18.6. The van der Waals surface area contributed by atoms with Crippen molar-refractivity contribution in [1.82, 2.24) is 0 Å². The van der Waals surface area contributed by atoms with Crippen molar-refractivity contribution in [2.45, 2.75) is 0 Å². The SMILES string of the molecule is Ic1ccc2c3ccccc3c3cccc(-c4ccccc4)c3c2c1-c1ccccc1. The molecule has 0 aliphatic carbocycles. The Balaban J connectivity index is 1.93. The fourth-order valence-electron chi connectivity index (χ4n) is 4.81. The number of benzene rings is 6. The Morgan fingerprint density at radius 1 is 0.387 bits per heavy atom. The molecule has 1 heteroatoms. The van der Waals surface area contributed by atoms with Crippen LogP contribution in [0.1, 0.15) is 0 Å². The van der Waals surface area contributed by atoms with Gasteiger partial charge < -0.3 is 0 Å². The van der Waals surface area contributed by atoms with E-state index in [1.807, 2.05) is 0 Å². The van der Waals surface area contributed by atoms with Gasteiger partial charge in [-0.05, 0) is 77.7 Å². The van der Waals surface area contributed by atoms with Crippen molar-refractivity contribution in [2.75, 3.05) is 0 Å². The average Bonchev–Trinajstić information content (AvgIpc) is 2.84. The second-order valence-electron chi connectivity index (χ2n) is 7.85. The molecule has 31 heavy (non-hydrogen) atoms. The lowest BCUT2D eigenvalue weighted by Gasteiger charge is -2.18. The Morgan fingerprint density at radius 2 is 0.935 bits per heavy atom. The van der Waals surface area contributed by atoms with Crippen LogP contribution in [0.5, 0.6) is 0 Å². The summed E-state index contributed by atoms with van der Waals surface area (Å²) in [5.74, 6) is 0. The highest BCUT2D eigenvalue weighted by Crippen LogP contribution is 2.45. The lowest BCUT2D eigenvalue weighted by molar-refractivity contribution is 1.63. The standard InChI is InChI=1S/C30H19I/c31-27-19-18-26-24-15-8-7-14-23(24)25-17-9-16-22(20-10-3-1-4-11-20)29(25)30(26)28(27)21-12-5-2-6-13-21/h1-19H. The zero-order valence-corrected chi connectivity index (χ0v) is 19.0. The van der Waals surface area contributed by atoms with Crippen LogP contribution in [-0.4, -0.2) is 0 Å². The molecular weight excluding hydrogens is 487 g/mol. The third-order valence-electron chi connectivity index (χ3n) is 6.12. The van der Waals surface area contributed by atoms with Gasteiger partial charge in [0.25, 0.3) is 0 Å². The zero-order chi connectivity index (χ0) is 20.8. The molecular formula is C30H19I. The van der Waals surface area contributed by atoms with Gasteiger partial charge in [-0.3, -0.25) is 0 Å². The first-order chi connectivity index (χ1) is 15.3. The van der Waals surface area contributed by atoms with E-state index in [-0.39, 0.29) is 0 Å². The third kappa shape index (κ3) is 2.95. The van der Waals surface area contributed by atoms with E-state index in [2.05, 4.69) is 138 Å². The van der Waals surface area contributed by atoms with Gasteiger partial charge in [0, 0.05) is 9.13 Å². The summed E-state index contributed by atoms with van der Waals surface area (Å²) < 4.78 is 1.27. The van der Waals surface area contributed by atoms with Crippen LogP contribution in [-0.2, 0) is 0 Å². The fourth-order valence-corrected chi connectivity index (χ4v) is 5.57. The summed E-state index contributed by atoms with van der Waals surface area (Å²) >= 11 is 2.49. The van der Waals surface area contributed by atoms with Crippen molar-refractivity contribution in [1.29, 1.82) is 0 Å². The van der Waals surface area contributed by atoms with E-state index in [1.165, 1.54) is 58.1 Å². The minimum Gasteiger partial charge on any atom is -0.0622 e.